The number of nitrogens with zero attached hydrogens (tertiary/aromatic N) is 2. The minimum absolute atomic E-state index is 0.500. The number of rotatable bonds is 2. The molecule has 15 heavy (non-hydrogen) atoms. The van der Waals surface area contributed by atoms with Crippen LogP contribution in [0.3, 0.4) is 0 Å². The van der Waals surface area contributed by atoms with Gasteiger partial charge in [-0.1, -0.05) is 18.5 Å². The van der Waals surface area contributed by atoms with Gasteiger partial charge in [-0.3, -0.25) is 0 Å². The molecule has 0 spiro atoms. The predicted octanol–water partition coefficient (Wildman–Crippen LogP) is 2.74. The molecule has 1 saturated heterocycles. The summed E-state index contributed by atoms with van der Waals surface area (Å²) >= 11 is 7.87. The lowest BCUT2D eigenvalue weighted by Crippen LogP contribution is -2.25. The maximum atomic E-state index is 5.88. The number of hydrogen-bond donors (Lipinski definition) is 1. The first-order valence-electron chi connectivity index (χ1n) is 5.04. The van der Waals surface area contributed by atoms with Gasteiger partial charge in [0.1, 0.15) is 16.8 Å². The van der Waals surface area contributed by atoms with E-state index >= 15 is 0 Å². The minimum atomic E-state index is 0.500. The molecule has 2 rings (SSSR count). The Bertz CT molecular complexity index is 338. The number of thioether (sulfide) groups is 1. The van der Waals surface area contributed by atoms with Gasteiger partial charge in [0.25, 0.3) is 0 Å². The van der Waals surface area contributed by atoms with Crippen molar-refractivity contribution >= 4 is 29.2 Å². The summed E-state index contributed by atoms with van der Waals surface area (Å²) in [6.07, 6.45) is 1.19. The van der Waals surface area contributed by atoms with E-state index in [9.17, 15) is 0 Å². The number of anilines is 1. The van der Waals surface area contributed by atoms with Crippen molar-refractivity contribution in [1.29, 1.82) is 0 Å². The molecule has 1 aliphatic heterocycles. The van der Waals surface area contributed by atoms with Crippen LogP contribution in [0.5, 0.6) is 0 Å². The van der Waals surface area contributed by atoms with E-state index in [1.165, 1.54) is 12.2 Å². The Hall–Kier alpha value is -0.480. The topological polar surface area (TPSA) is 37.8 Å². The summed E-state index contributed by atoms with van der Waals surface area (Å²) in [5.41, 5.74) is 0. The molecule has 1 aromatic rings. The second kappa shape index (κ2) is 4.58. The SMILES string of the molecule is Cc1nc(Cl)cc(NC2CCSC2C)n1. The molecule has 1 fully saturated rings. The van der Waals surface area contributed by atoms with Gasteiger partial charge in [0.2, 0.25) is 0 Å². The van der Waals surface area contributed by atoms with Crippen LogP contribution >= 0.6 is 23.4 Å². The van der Waals surface area contributed by atoms with E-state index in [4.69, 9.17) is 11.6 Å². The number of nitrogens with one attached hydrogen (secondary N) is 1. The Morgan fingerprint density at radius 1 is 1.53 bits per heavy atom. The summed E-state index contributed by atoms with van der Waals surface area (Å²) in [5.74, 6) is 2.77. The summed E-state index contributed by atoms with van der Waals surface area (Å²) in [7, 11) is 0. The molecular weight excluding hydrogens is 230 g/mol. The number of aromatic nitrogens is 2. The molecule has 0 amide bonds. The molecule has 3 nitrogen and oxygen atoms in total. The molecule has 1 aromatic heterocycles. The van der Waals surface area contributed by atoms with Gasteiger partial charge in [0, 0.05) is 17.4 Å². The van der Waals surface area contributed by atoms with Crippen LogP contribution in [0.1, 0.15) is 19.2 Å². The second-order valence-electron chi connectivity index (χ2n) is 3.74. The largest absolute Gasteiger partial charge is 0.366 e. The van der Waals surface area contributed by atoms with Crippen LogP contribution < -0.4 is 5.32 Å². The van der Waals surface area contributed by atoms with E-state index in [-0.39, 0.29) is 0 Å². The molecule has 5 heteroatoms. The van der Waals surface area contributed by atoms with Crippen LogP contribution in [0.25, 0.3) is 0 Å². The lowest BCUT2D eigenvalue weighted by molar-refractivity contribution is 0.718. The highest BCUT2D eigenvalue weighted by Crippen LogP contribution is 2.28. The van der Waals surface area contributed by atoms with Crippen molar-refractivity contribution in [2.45, 2.75) is 31.6 Å². The maximum Gasteiger partial charge on any atom is 0.134 e. The molecule has 0 bridgehead atoms. The van der Waals surface area contributed by atoms with Gasteiger partial charge in [0.15, 0.2) is 0 Å². The summed E-state index contributed by atoms with van der Waals surface area (Å²) in [6.45, 7) is 4.09. The maximum absolute atomic E-state index is 5.88. The van der Waals surface area contributed by atoms with E-state index < -0.39 is 0 Å². The highest BCUT2D eigenvalue weighted by molar-refractivity contribution is 8.00. The van der Waals surface area contributed by atoms with E-state index in [1.807, 2.05) is 18.7 Å². The van der Waals surface area contributed by atoms with Crippen LogP contribution in [-0.4, -0.2) is 27.0 Å². The molecule has 82 valence electrons. The average Bonchev–Trinajstić information content (AvgIpc) is 2.50. The molecule has 2 heterocycles. The third-order valence-corrected chi connectivity index (χ3v) is 4.04. The molecule has 0 aliphatic carbocycles. The van der Waals surface area contributed by atoms with Gasteiger partial charge in [-0.25, -0.2) is 9.97 Å². The van der Waals surface area contributed by atoms with Crippen molar-refractivity contribution < 1.29 is 0 Å². The highest BCUT2D eigenvalue weighted by Gasteiger charge is 2.24. The standard InChI is InChI=1S/C10H14ClN3S/c1-6-8(3-4-15-6)14-10-5-9(11)12-7(2)13-10/h5-6,8H,3-4H2,1-2H3,(H,12,13,14). The Labute approximate surface area is 99.0 Å². The van der Waals surface area contributed by atoms with Crippen molar-refractivity contribution in [1.82, 2.24) is 9.97 Å². The highest BCUT2D eigenvalue weighted by atomic mass is 35.5. The van der Waals surface area contributed by atoms with Crippen molar-refractivity contribution in [3.8, 4) is 0 Å². The summed E-state index contributed by atoms with van der Waals surface area (Å²) in [6, 6.07) is 2.28. The zero-order valence-electron chi connectivity index (χ0n) is 8.83. The monoisotopic (exact) mass is 243 g/mol. The first-order chi connectivity index (χ1) is 7.15. The fourth-order valence-electron chi connectivity index (χ4n) is 1.72. The van der Waals surface area contributed by atoms with Crippen LogP contribution in [0, 0.1) is 6.92 Å². The summed E-state index contributed by atoms with van der Waals surface area (Å²) in [4.78, 5) is 8.35. The molecule has 2 unspecified atom stereocenters. The van der Waals surface area contributed by atoms with E-state index in [0.29, 0.717) is 22.3 Å². The van der Waals surface area contributed by atoms with Gasteiger partial charge >= 0.3 is 0 Å². The van der Waals surface area contributed by atoms with Gasteiger partial charge in [0.05, 0.1) is 0 Å². The van der Waals surface area contributed by atoms with Gasteiger partial charge < -0.3 is 5.32 Å². The van der Waals surface area contributed by atoms with E-state index in [0.717, 1.165) is 5.82 Å². The zero-order chi connectivity index (χ0) is 10.8. The molecular formula is C10H14ClN3S. The normalized spacial score (nSPS) is 25.5. The van der Waals surface area contributed by atoms with Crippen molar-refractivity contribution in [3.05, 3.63) is 17.0 Å². The Kier molecular flexibility index (Phi) is 3.36. The van der Waals surface area contributed by atoms with Crippen LogP contribution in [0.2, 0.25) is 5.15 Å². The molecule has 2 atom stereocenters. The predicted molar refractivity (Wildman–Crippen MR) is 65.7 cm³/mol. The van der Waals surface area contributed by atoms with Crippen molar-refractivity contribution in [2.24, 2.45) is 0 Å². The number of halogens is 1. The molecule has 0 aromatic carbocycles. The number of hydrogen-bond acceptors (Lipinski definition) is 4. The Balaban J connectivity index is 2.10. The molecule has 1 aliphatic rings. The fraction of sp³-hybridized carbons (Fsp3) is 0.600. The third-order valence-electron chi connectivity index (χ3n) is 2.52. The lowest BCUT2D eigenvalue weighted by atomic mass is 10.2. The Morgan fingerprint density at radius 3 is 2.93 bits per heavy atom. The van der Waals surface area contributed by atoms with Gasteiger partial charge in [-0.2, -0.15) is 11.8 Å². The lowest BCUT2D eigenvalue weighted by Gasteiger charge is -2.17. The third kappa shape index (κ3) is 2.75. The van der Waals surface area contributed by atoms with Gasteiger partial charge in [-0.05, 0) is 19.1 Å². The first-order valence-corrected chi connectivity index (χ1v) is 6.47. The van der Waals surface area contributed by atoms with Crippen LogP contribution in [0.15, 0.2) is 6.07 Å². The molecule has 0 saturated carbocycles. The summed E-state index contributed by atoms with van der Waals surface area (Å²) < 4.78 is 0. The van der Waals surface area contributed by atoms with Crippen molar-refractivity contribution in [3.63, 3.8) is 0 Å². The second-order valence-corrected chi connectivity index (χ2v) is 5.61. The number of aryl methyl sites for hydroxylation is 1. The van der Waals surface area contributed by atoms with Gasteiger partial charge in [-0.15, -0.1) is 0 Å². The summed E-state index contributed by atoms with van der Waals surface area (Å²) in [5, 5.41) is 4.56. The zero-order valence-corrected chi connectivity index (χ0v) is 10.4. The average molecular weight is 244 g/mol. The first kappa shape index (κ1) is 11.0. The van der Waals surface area contributed by atoms with E-state index in [1.54, 1.807) is 6.07 Å². The fourth-order valence-corrected chi connectivity index (χ4v) is 3.14. The smallest absolute Gasteiger partial charge is 0.134 e. The molecule has 0 radical (unpaired) electrons. The van der Waals surface area contributed by atoms with Crippen LogP contribution in [-0.2, 0) is 0 Å². The quantitative estimate of drug-likeness (QED) is 0.811. The van der Waals surface area contributed by atoms with Crippen LogP contribution in [0.4, 0.5) is 5.82 Å². The minimum Gasteiger partial charge on any atom is -0.366 e. The van der Waals surface area contributed by atoms with Crippen molar-refractivity contribution in [2.75, 3.05) is 11.1 Å². The Morgan fingerprint density at radius 2 is 2.33 bits per heavy atom. The molecule has 1 N–H and O–H groups in total. The van der Waals surface area contributed by atoms with E-state index in [2.05, 4.69) is 22.2 Å².